The molecule has 0 aliphatic carbocycles. The van der Waals surface area contributed by atoms with Gasteiger partial charge in [-0.3, -0.25) is 19.4 Å². The summed E-state index contributed by atoms with van der Waals surface area (Å²) in [4.78, 5) is 30.8. The number of halogens is 1. The van der Waals surface area contributed by atoms with Crippen molar-refractivity contribution in [3.63, 3.8) is 0 Å². The SMILES string of the molecule is Cc1ccc(N2C(=O)/C(=C/c3cc(C)n(-c4ccc(I)c(C)c4)c3C)C(=O)N(c3ccccc3)C2=S)cc1C. The quantitative estimate of drug-likeness (QED) is 0.101. The van der Waals surface area contributed by atoms with E-state index in [0.29, 0.717) is 11.4 Å². The van der Waals surface area contributed by atoms with E-state index in [9.17, 15) is 9.59 Å². The normalized spacial score (nSPS) is 15.0. The van der Waals surface area contributed by atoms with E-state index in [1.807, 2.05) is 82.3 Å². The van der Waals surface area contributed by atoms with E-state index in [1.54, 1.807) is 6.08 Å². The number of aryl methyl sites for hydroxylation is 4. The second kappa shape index (κ2) is 10.5. The van der Waals surface area contributed by atoms with Crippen LogP contribution in [0.2, 0.25) is 0 Å². The van der Waals surface area contributed by atoms with Crippen molar-refractivity contribution in [2.75, 3.05) is 9.80 Å². The van der Waals surface area contributed by atoms with Crippen LogP contribution in [0, 0.1) is 38.2 Å². The molecule has 0 unspecified atom stereocenters. The van der Waals surface area contributed by atoms with Crippen LogP contribution in [0.1, 0.15) is 33.6 Å². The van der Waals surface area contributed by atoms with Crippen molar-refractivity contribution in [1.29, 1.82) is 0 Å². The summed E-state index contributed by atoms with van der Waals surface area (Å²) < 4.78 is 3.34. The number of rotatable bonds is 4. The molecule has 0 atom stereocenters. The average molecular weight is 646 g/mol. The van der Waals surface area contributed by atoms with Crippen LogP contribution in [0.4, 0.5) is 11.4 Å². The summed E-state index contributed by atoms with van der Waals surface area (Å²) in [6.07, 6.45) is 1.70. The first kappa shape index (κ1) is 27.0. The van der Waals surface area contributed by atoms with Crippen LogP contribution in [0.25, 0.3) is 11.8 Å². The molecule has 1 fully saturated rings. The monoisotopic (exact) mass is 645 g/mol. The molecule has 3 aromatic carbocycles. The molecule has 1 aliphatic rings. The largest absolute Gasteiger partial charge is 0.318 e. The Kier molecular flexibility index (Phi) is 7.31. The lowest BCUT2D eigenvalue weighted by molar-refractivity contribution is -0.120. The lowest BCUT2D eigenvalue weighted by Gasteiger charge is -2.36. The predicted octanol–water partition coefficient (Wildman–Crippen LogP) is 7.37. The van der Waals surface area contributed by atoms with E-state index >= 15 is 0 Å². The highest BCUT2D eigenvalue weighted by Gasteiger charge is 2.41. The molecule has 0 bridgehead atoms. The number of hydrogen-bond acceptors (Lipinski definition) is 3. The van der Waals surface area contributed by atoms with Gasteiger partial charge in [-0.1, -0.05) is 24.3 Å². The van der Waals surface area contributed by atoms with E-state index < -0.39 is 11.8 Å². The summed E-state index contributed by atoms with van der Waals surface area (Å²) in [6, 6.07) is 23.3. The summed E-state index contributed by atoms with van der Waals surface area (Å²) in [5.74, 6) is -0.874. The number of nitrogens with zero attached hydrogens (tertiary/aromatic N) is 3. The minimum atomic E-state index is -0.439. The first-order chi connectivity index (χ1) is 18.6. The predicted molar refractivity (Wildman–Crippen MR) is 171 cm³/mol. The molecule has 1 saturated heterocycles. The van der Waals surface area contributed by atoms with Crippen LogP contribution < -0.4 is 9.80 Å². The van der Waals surface area contributed by atoms with Crippen LogP contribution in [0.15, 0.2) is 78.4 Å². The second-order valence-electron chi connectivity index (χ2n) is 9.82. The summed E-state index contributed by atoms with van der Waals surface area (Å²) in [5, 5.41) is 0.136. The smallest absolute Gasteiger partial charge is 0.270 e. The van der Waals surface area contributed by atoms with Crippen LogP contribution >= 0.6 is 34.8 Å². The third-order valence-electron chi connectivity index (χ3n) is 7.18. The molecule has 196 valence electrons. The number of benzene rings is 3. The van der Waals surface area contributed by atoms with Gasteiger partial charge in [0.25, 0.3) is 11.8 Å². The minimum absolute atomic E-state index is 0.0599. The molecule has 1 aliphatic heterocycles. The highest BCUT2D eigenvalue weighted by atomic mass is 127. The highest BCUT2D eigenvalue weighted by Crippen LogP contribution is 2.32. The molecule has 0 spiro atoms. The number of aromatic nitrogens is 1. The fourth-order valence-corrected chi connectivity index (χ4v) is 5.59. The third kappa shape index (κ3) is 4.85. The van der Waals surface area contributed by atoms with Crippen LogP contribution in [0.3, 0.4) is 0 Å². The molecule has 5 nitrogen and oxygen atoms in total. The number of amides is 2. The Morgan fingerprint density at radius 3 is 1.95 bits per heavy atom. The first-order valence-corrected chi connectivity index (χ1v) is 14.1. The van der Waals surface area contributed by atoms with E-state index in [0.717, 1.165) is 33.8 Å². The van der Waals surface area contributed by atoms with E-state index in [1.165, 1.54) is 18.9 Å². The molecule has 1 aromatic heterocycles. The first-order valence-electron chi connectivity index (χ1n) is 12.6. The molecule has 0 N–H and O–H groups in total. The lowest BCUT2D eigenvalue weighted by Crippen LogP contribution is -2.57. The fraction of sp³-hybridized carbons (Fsp3) is 0.156. The van der Waals surface area contributed by atoms with Gasteiger partial charge in [0.2, 0.25) is 0 Å². The topological polar surface area (TPSA) is 45.6 Å². The van der Waals surface area contributed by atoms with Gasteiger partial charge >= 0.3 is 0 Å². The Labute approximate surface area is 247 Å². The van der Waals surface area contributed by atoms with E-state index in [4.69, 9.17) is 12.2 Å². The van der Waals surface area contributed by atoms with Crippen molar-refractivity contribution >= 4 is 69.2 Å². The van der Waals surface area contributed by atoms with Gasteiger partial charge in [0.1, 0.15) is 5.57 Å². The molecule has 4 aromatic rings. The summed E-state index contributed by atoms with van der Waals surface area (Å²) in [5.41, 5.74) is 8.44. The zero-order valence-corrected chi connectivity index (χ0v) is 25.4. The average Bonchev–Trinajstić information content (AvgIpc) is 3.18. The number of anilines is 2. The van der Waals surface area contributed by atoms with Gasteiger partial charge in [0.15, 0.2) is 5.11 Å². The molecule has 5 rings (SSSR count). The fourth-order valence-electron chi connectivity index (χ4n) is 4.88. The van der Waals surface area contributed by atoms with Crippen LogP contribution in [0.5, 0.6) is 0 Å². The zero-order chi connectivity index (χ0) is 28.0. The van der Waals surface area contributed by atoms with Gasteiger partial charge < -0.3 is 4.57 Å². The van der Waals surface area contributed by atoms with Gasteiger partial charge in [-0.2, -0.15) is 0 Å². The molecule has 2 heterocycles. The van der Waals surface area contributed by atoms with Gasteiger partial charge in [-0.15, -0.1) is 0 Å². The maximum atomic E-state index is 14.0. The number of thiocarbonyl (C=S) groups is 1. The Bertz CT molecular complexity index is 1690. The Morgan fingerprint density at radius 1 is 0.692 bits per heavy atom. The van der Waals surface area contributed by atoms with Crippen molar-refractivity contribution in [2.45, 2.75) is 34.6 Å². The maximum absolute atomic E-state index is 14.0. The molecule has 39 heavy (non-hydrogen) atoms. The Morgan fingerprint density at radius 2 is 1.31 bits per heavy atom. The molecule has 2 amide bonds. The molecule has 7 heteroatoms. The molecular weight excluding hydrogens is 617 g/mol. The van der Waals surface area contributed by atoms with Gasteiger partial charge in [-0.25, -0.2) is 0 Å². The van der Waals surface area contributed by atoms with Crippen molar-refractivity contribution in [3.8, 4) is 5.69 Å². The van der Waals surface area contributed by atoms with Crippen molar-refractivity contribution < 1.29 is 9.59 Å². The summed E-state index contributed by atoms with van der Waals surface area (Å²) >= 11 is 8.10. The molecule has 0 radical (unpaired) electrons. The highest BCUT2D eigenvalue weighted by molar-refractivity contribution is 14.1. The van der Waals surface area contributed by atoms with E-state index in [2.05, 4.69) is 52.3 Å². The maximum Gasteiger partial charge on any atom is 0.270 e. The lowest BCUT2D eigenvalue weighted by atomic mass is 10.0. The Balaban J connectivity index is 1.66. The number of carbonyl (C=O) groups excluding carboxylic acids is 2. The van der Waals surface area contributed by atoms with E-state index in [-0.39, 0.29) is 10.7 Å². The molecular formula is C32H28IN3O2S. The van der Waals surface area contributed by atoms with Crippen molar-refractivity contribution in [3.05, 3.63) is 116 Å². The van der Waals surface area contributed by atoms with Crippen molar-refractivity contribution in [2.24, 2.45) is 0 Å². The van der Waals surface area contributed by atoms with Crippen LogP contribution in [-0.2, 0) is 9.59 Å². The standard InChI is InChI=1S/C32H28IN3O2S/c1-19-11-12-27(15-20(19)2)36-31(38)28(30(37)35(32(36)39)25-9-7-6-8-10-25)18-24-17-22(4)34(23(24)5)26-13-14-29(33)21(3)16-26/h6-18H,1-5H3/b28-18+. The van der Waals surface area contributed by atoms with Crippen LogP contribution in [-0.4, -0.2) is 21.5 Å². The van der Waals surface area contributed by atoms with Gasteiger partial charge in [0, 0.05) is 20.6 Å². The minimum Gasteiger partial charge on any atom is -0.318 e. The Hall–Kier alpha value is -3.56. The summed E-state index contributed by atoms with van der Waals surface area (Å²) in [7, 11) is 0. The zero-order valence-electron chi connectivity index (χ0n) is 22.4. The van der Waals surface area contributed by atoms with Crippen molar-refractivity contribution in [1.82, 2.24) is 4.57 Å². The molecule has 0 saturated carbocycles. The summed E-state index contributed by atoms with van der Waals surface area (Å²) in [6.45, 7) is 10.1. The number of carbonyl (C=O) groups is 2. The third-order valence-corrected chi connectivity index (χ3v) is 8.76. The van der Waals surface area contributed by atoms with Gasteiger partial charge in [0.05, 0.1) is 11.4 Å². The van der Waals surface area contributed by atoms with Gasteiger partial charge in [-0.05, 0) is 146 Å². The second-order valence-corrected chi connectivity index (χ2v) is 11.3. The number of hydrogen-bond donors (Lipinski definition) is 0. The number of para-hydroxylation sites is 1.